The summed E-state index contributed by atoms with van der Waals surface area (Å²) in [5.41, 5.74) is 5.91. The van der Waals surface area contributed by atoms with Crippen molar-refractivity contribution in [2.24, 2.45) is 7.05 Å². The van der Waals surface area contributed by atoms with Crippen LogP contribution in [0.3, 0.4) is 0 Å². The van der Waals surface area contributed by atoms with Gasteiger partial charge in [0, 0.05) is 53.4 Å². The molecular weight excluding hydrogens is 376 g/mol. The summed E-state index contributed by atoms with van der Waals surface area (Å²) in [5, 5.41) is 4.51. The fraction of sp³-hybridized carbons (Fsp3) is 0.167. The van der Waals surface area contributed by atoms with Crippen LogP contribution >= 0.6 is 0 Å². The van der Waals surface area contributed by atoms with Crippen LogP contribution in [0.15, 0.2) is 54.9 Å². The predicted molar refractivity (Wildman–Crippen MR) is 116 cm³/mol. The van der Waals surface area contributed by atoms with Crippen LogP contribution in [-0.2, 0) is 29.9 Å². The molecule has 0 unspecified atom stereocenters. The Hall–Kier alpha value is -3.64. The molecule has 0 radical (unpaired) electrons. The van der Waals surface area contributed by atoms with Gasteiger partial charge < -0.3 is 9.13 Å². The maximum atomic E-state index is 13.0. The molecule has 0 aliphatic carbocycles. The normalized spacial score (nSPS) is 16.9. The Morgan fingerprint density at radius 3 is 2.33 bits per heavy atom. The van der Waals surface area contributed by atoms with E-state index in [0.717, 1.165) is 46.1 Å². The zero-order chi connectivity index (χ0) is 20.6. The Balaban J connectivity index is 1.69. The number of fused-ring (bicyclic) bond motifs is 1. The fourth-order valence-electron chi connectivity index (χ4n) is 4.99. The van der Waals surface area contributed by atoms with Gasteiger partial charge in [0.05, 0.1) is 23.3 Å². The van der Waals surface area contributed by atoms with Crippen molar-refractivity contribution in [3.63, 3.8) is 0 Å². The molecule has 0 fully saturated rings. The average Bonchev–Trinajstić information content (AvgIpc) is 3.34. The number of hydrogen-bond donors (Lipinski definition) is 1. The second kappa shape index (κ2) is 5.93. The van der Waals surface area contributed by atoms with Crippen molar-refractivity contribution < 1.29 is 9.59 Å². The molecule has 0 bridgehead atoms. The molecule has 2 aliphatic heterocycles. The summed E-state index contributed by atoms with van der Waals surface area (Å²) < 4.78 is 4.17. The zero-order valence-corrected chi connectivity index (χ0v) is 16.8. The number of nitrogens with one attached hydrogen (secondary N) is 1. The van der Waals surface area contributed by atoms with Crippen molar-refractivity contribution >= 4 is 44.8 Å². The van der Waals surface area contributed by atoms with Crippen LogP contribution in [0.5, 0.6) is 0 Å². The van der Waals surface area contributed by atoms with Crippen molar-refractivity contribution in [2.45, 2.75) is 13.2 Å². The Morgan fingerprint density at radius 2 is 1.53 bits per heavy atom. The van der Waals surface area contributed by atoms with E-state index in [4.69, 9.17) is 0 Å². The van der Waals surface area contributed by atoms with Gasteiger partial charge in [-0.25, -0.2) is 0 Å². The van der Waals surface area contributed by atoms with Crippen LogP contribution in [0.4, 0.5) is 0 Å². The number of hydrogen-bond acceptors (Lipinski definition) is 3. The lowest BCUT2D eigenvalue weighted by Crippen LogP contribution is -2.25. The number of carbonyl (C=O) groups excluding carboxylic acids is 2. The lowest BCUT2D eigenvalue weighted by molar-refractivity contribution is -0.122. The molecule has 0 spiro atoms. The predicted octanol–water partition coefficient (Wildman–Crippen LogP) is 3.10. The van der Waals surface area contributed by atoms with Crippen molar-refractivity contribution in [1.29, 1.82) is 0 Å². The summed E-state index contributed by atoms with van der Waals surface area (Å²) in [7, 11) is 4.03. The van der Waals surface area contributed by atoms with Gasteiger partial charge in [-0.1, -0.05) is 36.4 Å². The molecule has 0 saturated heterocycles. The largest absolute Gasteiger partial charge is 0.350 e. The first-order valence-electron chi connectivity index (χ1n) is 9.97. The van der Waals surface area contributed by atoms with Gasteiger partial charge in [0.25, 0.3) is 11.8 Å². The number of carbonyl (C=O) groups is 2. The molecular formula is C24H20N4O2. The molecule has 6 rings (SSSR count). The monoisotopic (exact) mass is 396 g/mol. The summed E-state index contributed by atoms with van der Waals surface area (Å²) in [4.78, 5) is 28.2. The number of aryl methyl sites for hydroxylation is 1. The highest BCUT2D eigenvalue weighted by Gasteiger charge is 2.35. The number of benzene rings is 2. The molecule has 1 N–H and O–H groups in total. The van der Waals surface area contributed by atoms with E-state index in [1.165, 1.54) is 5.56 Å². The van der Waals surface area contributed by atoms with E-state index >= 15 is 0 Å². The van der Waals surface area contributed by atoms with Crippen molar-refractivity contribution in [3.8, 4) is 0 Å². The Morgan fingerprint density at radius 1 is 0.833 bits per heavy atom. The van der Waals surface area contributed by atoms with E-state index in [1.54, 1.807) is 0 Å². The van der Waals surface area contributed by atoms with Gasteiger partial charge in [-0.3, -0.25) is 19.8 Å². The highest BCUT2D eigenvalue weighted by Crippen LogP contribution is 2.40. The number of rotatable bonds is 2. The van der Waals surface area contributed by atoms with Crippen LogP contribution < -0.4 is 5.32 Å². The number of amides is 2. The number of para-hydroxylation sites is 2. The molecule has 4 heterocycles. The molecule has 6 nitrogen and oxygen atoms in total. The van der Waals surface area contributed by atoms with E-state index < -0.39 is 0 Å². The number of imide groups is 1. The Kier molecular flexibility index (Phi) is 3.41. The standard InChI is InChI=1S/C24H20N4O2/c1-26-10-14-6-5-8-16-18(12-28(13-26)22(14)16)21-20(23(29)25-24(21)30)17-11-27(2)19-9-4-3-7-15(17)19/h3-9,11-12H,10,13H2,1-2H3,(H,25,29,30). The smallest absolute Gasteiger partial charge is 0.259 e. The van der Waals surface area contributed by atoms with Crippen LogP contribution in [0.1, 0.15) is 16.7 Å². The van der Waals surface area contributed by atoms with Crippen LogP contribution in [0.25, 0.3) is 33.0 Å². The minimum Gasteiger partial charge on any atom is -0.350 e. The minimum absolute atomic E-state index is 0.333. The summed E-state index contributed by atoms with van der Waals surface area (Å²) in [6, 6.07) is 14.1. The van der Waals surface area contributed by atoms with E-state index in [0.29, 0.717) is 11.1 Å². The molecule has 2 amide bonds. The maximum Gasteiger partial charge on any atom is 0.259 e. The maximum absolute atomic E-state index is 13.0. The SMILES string of the molecule is CN1Cc2cccc3c(C4=C(c5cn(C)c6ccccc56)C(=O)NC4=O)cn(c23)C1. The van der Waals surface area contributed by atoms with Crippen molar-refractivity contribution in [3.05, 3.63) is 71.5 Å². The van der Waals surface area contributed by atoms with E-state index in [-0.39, 0.29) is 11.8 Å². The third kappa shape index (κ3) is 2.22. The molecule has 0 atom stereocenters. The van der Waals surface area contributed by atoms with Gasteiger partial charge >= 0.3 is 0 Å². The van der Waals surface area contributed by atoms with E-state index in [1.807, 2.05) is 60.4 Å². The van der Waals surface area contributed by atoms with Gasteiger partial charge in [-0.2, -0.15) is 0 Å². The lowest BCUT2D eigenvalue weighted by Gasteiger charge is -2.24. The van der Waals surface area contributed by atoms with Gasteiger partial charge in [0.15, 0.2) is 0 Å². The van der Waals surface area contributed by atoms with Crippen molar-refractivity contribution in [2.75, 3.05) is 7.05 Å². The second-order valence-corrected chi connectivity index (χ2v) is 8.19. The molecule has 6 heteroatoms. The first-order chi connectivity index (χ1) is 14.5. The molecule has 2 aromatic heterocycles. The number of aromatic nitrogens is 2. The van der Waals surface area contributed by atoms with Crippen LogP contribution in [-0.4, -0.2) is 32.9 Å². The zero-order valence-electron chi connectivity index (χ0n) is 16.8. The second-order valence-electron chi connectivity index (χ2n) is 8.19. The topological polar surface area (TPSA) is 59.3 Å². The van der Waals surface area contributed by atoms with Gasteiger partial charge in [0.2, 0.25) is 0 Å². The first-order valence-corrected chi connectivity index (χ1v) is 9.97. The molecule has 148 valence electrons. The van der Waals surface area contributed by atoms with E-state index in [9.17, 15) is 9.59 Å². The van der Waals surface area contributed by atoms with Gasteiger partial charge in [-0.05, 0) is 18.7 Å². The third-order valence-electron chi connectivity index (χ3n) is 6.18. The molecule has 2 aliphatic rings. The average molecular weight is 396 g/mol. The molecule has 2 aromatic carbocycles. The summed E-state index contributed by atoms with van der Waals surface area (Å²) in [5.74, 6) is -0.671. The lowest BCUT2D eigenvalue weighted by atomic mass is 9.95. The first kappa shape index (κ1) is 17.2. The minimum atomic E-state index is -0.338. The third-order valence-corrected chi connectivity index (χ3v) is 6.18. The molecule has 0 saturated carbocycles. The fourth-order valence-corrected chi connectivity index (χ4v) is 4.99. The highest BCUT2D eigenvalue weighted by molar-refractivity contribution is 6.50. The number of nitrogens with zero attached hydrogens (tertiary/aromatic N) is 3. The van der Waals surface area contributed by atoms with Crippen molar-refractivity contribution in [1.82, 2.24) is 19.4 Å². The van der Waals surface area contributed by atoms with Crippen LogP contribution in [0, 0.1) is 0 Å². The van der Waals surface area contributed by atoms with Gasteiger partial charge in [-0.15, -0.1) is 0 Å². The summed E-state index contributed by atoms with van der Waals surface area (Å²) in [6.07, 6.45) is 3.96. The Labute approximate surface area is 173 Å². The summed E-state index contributed by atoms with van der Waals surface area (Å²) in [6.45, 7) is 1.61. The molecule has 30 heavy (non-hydrogen) atoms. The van der Waals surface area contributed by atoms with Crippen LogP contribution in [0.2, 0.25) is 0 Å². The summed E-state index contributed by atoms with van der Waals surface area (Å²) >= 11 is 0. The van der Waals surface area contributed by atoms with Gasteiger partial charge in [0.1, 0.15) is 0 Å². The Bertz CT molecular complexity index is 1440. The highest BCUT2D eigenvalue weighted by atomic mass is 16.2. The van der Waals surface area contributed by atoms with E-state index in [2.05, 4.69) is 27.9 Å². The molecule has 4 aromatic rings. The quantitative estimate of drug-likeness (QED) is 0.530.